The van der Waals surface area contributed by atoms with E-state index in [0.717, 1.165) is 23.9 Å². The first-order chi connectivity index (χ1) is 15.4. The number of rotatable bonds is 6. The van der Waals surface area contributed by atoms with Crippen LogP contribution in [-0.2, 0) is 4.89 Å². The molecule has 0 bridgehead atoms. The van der Waals surface area contributed by atoms with Crippen LogP contribution in [0.4, 0.5) is 0 Å². The molecule has 8 nitrogen and oxygen atoms in total. The summed E-state index contributed by atoms with van der Waals surface area (Å²) >= 11 is 12.4. The molecule has 0 spiro atoms. The molecule has 0 radical (unpaired) electrons. The quantitative estimate of drug-likeness (QED) is 0.359. The minimum Gasteiger partial charge on any atom is -0.342 e. The lowest BCUT2D eigenvalue weighted by atomic mass is 10.1. The number of aromatic nitrogens is 2. The van der Waals surface area contributed by atoms with Gasteiger partial charge in [0.05, 0.1) is 33.7 Å². The summed E-state index contributed by atoms with van der Waals surface area (Å²) in [5, 5.41) is 12.4. The second-order valence-corrected chi connectivity index (χ2v) is 8.61. The first kappa shape index (κ1) is 22.5. The highest BCUT2D eigenvalue weighted by Crippen LogP contribution is 2.26. The van der Waals surface area contributed by atoms with Gasteiger partial charge >= 0.3 is 0 Å². The number of benzene rings is 2. The van der Waals surface area contributed by atoms with Crippen molar-refractivity contribution < 1.29 is 19.7 Å². The van der Waals surface area contributed by atoms with Crippen LogP contribution >= 0.6 is 23.2 Å². The number of halogens is 2. The minimum absolute atomic E-state index is 0.0513. The fourth-order valence-corrected chi connectivity index (χ4v) is 4.34. The highest BCUT2D eigenvalue weighted by molar-refractivity contribution is 6.34. The number of nitrogens with one attached hydrogen (secondary N) is 2. The Morgan fingerprint density at radius 1 is 1.31 bits per heavy atom. The smallest absolute Gasteiger partial charge is 0.255 e. The van der Waals surface area contributed by atoms with Gasteiger partial charge in [0.2, 0.25) is 0 Å². The van der Waals surface area contributed by atoms with Crippen molar-refractivity contribution in [3.05, 3.63) is 63.4 Å². The molecule has 2 amide bonds. The molecule has 2 heterocycles. The van der Waals surface area contributed by atoms with E-state index in [-0.39, 0.29) is 29.5 Å². The average molecular weight is 477 g/mol. The molecule has 10 heteroatoms. The van der Waals surface area contributed by atoms with Gasteiger partial charge in [0, 0.05) is 17.1 Å². The maximum Gasteiger partial charge on any atom is 0.255 e. The molecular weight excluding hydrogens is 455 g/mol. The summed E-state index contributed by atoms with van der Waals surface area (Å²) < 4.78 is 0. The Labute approximate surface area is 194 Å². The van der Waals surface area contributed by atoms with Crippen LogP contribution in [0.1, 0.15) is 52.3 Å². The van der Waals surface area contributed by atoms with Crippen LogP contribution in [-0.4, -0.2) is 51.1 Å². The van der Waals surface area contributed by atoms with Gasteiger partial charge in [-0.15, -0.1) is 0 Å². The highest BCUT2D eigenvalue weighted by atomic mass is 35.5. The predicted molar refractivity (Wildman–Crippen MR) is 121 cm³/mol. The summed E-state index contributed by atoms with van der Waals surface area (Å²) in [5.41, 5.74) is 2.17. The van der Waals surface area contributed by atoms with E-state index in [1.54, 1.807) is 35.2 Å². The molecule has 2 unspecified atom stereocenters. The zero-order chi connectivity index (χ0) is 22.8. The summed E-state index contributed by atoms with van der Waals surface area (Å²) in [4.78, 5) is 39.1. The number of aromatic amines is 1. The zero-order valence-electron chi connectivity index (χ0n) is 17.3. The second kappa shape index (κ2) is 9.46. The maximum absolute atomic E-state index is 12.9. The largest absolute Gasteiger partial charge is 0.342 e. The van der Waals surface area contributed by atoms with Crippen LogP contribution in [0.15, 0.2) is 36.4 Å². The normalized spacial score (nSPS) is 17.0. The summed E-state index contributed by atoms with van der Waals surface area (Å²) in [6.07, 6.45) is 1.57. The lowest BCUT2D eigenvalue weighted by molar-refractivity contribution is -0.249. The maximum atomic E-state index is 12.9. The van der Waals surface area contributed by atoms with Crippen molar-refractivity contribution in [1.82, 2.24) is 20.2 Å². The van der Waals surface area contributed by atoms with E-state index in [1.165, 1.54) is 6.07 Å². The van der Waals surface area contributed by atoms with Gasteiger partial charge in [-0.3, -0.25) is 14.8 Å². The van der Waals surface area contributed by atoms with Crippen LogP contribution in [0, 0.1) is 0 Å². The van der Waals surface area contributed by atoms with Gasteiger partial charge in [-0.2, -0.15) is 0 Å². The fraction of sp³-hybridized carbons (Fsp3) is 0.318. The van der Waals surface area contributed by atoms with Crippen molar-refractivity contribution in [2.45, 2.75) is 31.8 Å². The first-order valence-corrected chi connectivity index (χ1v) is 11.0. The number of hydrogen-bond acceptors (Lipinski definition) is 5. The second-order valence-electron chi connectivity index (χ2n) is 7.76. The van der Waals surface area contributed by atoms with Crippen LogP contribution in [0.3, 0.4) is 0 Å². The number of hydrogen-bond donors (Lipinski definition) is 3. The van der Waals surface area contributed by atoms with Gasteiger partial charge in [-0.05, 0) is 56.2 Å². The standard InChI is InChI=1S/C22H22Cl2N4O4/c1-12(20-26-18-7-5-14(23)10-19(18)27-20)25-21(29)13-4-6-16(17(24)9-13)22(30)28-8-2-3-15(28)11-32-31/h4-7,9-10,12,15,31H,2-3,8,11H2,1H3,(H,25,29)(H,26,27). The molecule has 1 aromatic heterocycles. The first-order valence-electron chi connectivity index (χ1n) is 10.2. The molecule has 32 heavy (non-hydrogen) atoms. The molecule has 0 aliphatic carbocycles. The van der Waals surface area contributed by atoms with Crippen LogP contribution in [0.25, 0.3) is 11.0 Å². The molecular formula is C22H22Cl2N4O4. The van der Waals surface area contributed by atoms with E-state index in [9.17, 15) is 9.59 Å². The number of H-pyrrole nitrogens is 1. The highest BCUT2D eigenvalue weighted by Gasteiger charge is 2.31. The van der Waals surface area contributed by atoms with Gasteiger partial charge in [0.25, 0.3) is 11.8 Å². The van der Waals surface area contributed by atoms with E-state index in [2.05, 4.69) is 20.2 Å². The minimum atomic E-state index is -0.391. The van der Waals surface area contributed by atoms with Gasteiger partial charge in [-0.25, -0.2) is 9.87 Å². The van der Waals surface area contributed by atoms with Gasteiger partial charge in [-0.1, -0.05) is 23.2 Å². The Balaban J connectivity index is 1.47. The van der Waals surface area contributed by atoms with Crippen LogP contribution in [0.5, 0.6) is 0 Å². The number of likely N-dealkylation sites (tertiary alicyclic amines) is 1. The molecule has 3 aromatic rings. The fourth-order valence-electron chi connectivity index (χ4n) is 3.90. The van der Waals surface area contributed by atoms with Crippen molar-refractivity contribution in [3.63, 3.8) is 0 Å². The summed E-state index contributed by atoms with van der Waals surface area (Å²) in [7, 11) is 0. The Morgan fingerprint density at radius 3 is 2.88 bits per heavy atom. The SMILES string of the molecule is CC(NC(=O)c1ccc(C(=O)N2CCCC2COO)c(Cl)c1)c1nc2ccc(Cl)cc2[nH]1. The number of carbonyl (C=O) groups is 2. The molecule has 4 rings (SSSR count). The number of nitrogens with zero attached hydrogens (tertiary/aromatic N) is 2. The molecule has 0 saturated carbocycles. The van der Waals surface area contributed by atoms with Crippen molar-refractivity contribution in [2.24, 2.45) is 0 Å². The summed E-state index contributed by atoms with van der Waals surface area (Å²) in [6, 6.07) is 9.32. The molecule has 1 aliphatic rings. The van der Waals surface area contributed by atoms with Crippen LogP contribution in [0.2, 0.25) is 10.0 Å². The zero-order valence-corrected chi connectivity index (χ0v) is 18.8. The predicted octanol–water partition coefficient (Wildman–Crippen LogP) is 4.45. The third kappa shape index (κ3) is 4.59. The lowest BCUT2D eigenvalue weighted by Gasteiger charge is -2.24. The summed E-state index contributed by atoms with van der Waals surface area (Å²) in [5.74, 6) is 0.000110. The molecule has 1 aliphatic heterocycles. The van der Waals surface area contributed by atoms with Gasteiger partial charge in [0.15, 0.2) is 0 Å². The Bertz CT molecular complexity index is 1170. The molecule has 2 aromatic carbocycles. The van der Waals surface area contributed by atoms with E-state index in [1.807, 2.05) is 6.92 Å². The topological polar surface area (TPSA) is 108 Å². The molecule has 1 fully saturated rings. The Hall–Kier alpha value is -2.65. The average Bonchev–Trinajstić information content (AvgIpc) is 3.40. The third-order valence-corrected chi connectivity index (χ3v) is 6.13. The molecule has 1 saturated heterocycles. The number of imidazole rings is 1. The van der Waals surface area contributed by atoms with Crippen molar-refractivity contribution in [1.29, 1.82) is 0 Å². The Kier molecular flexibility index (Phi) is 6.66. The van der Waals surface area contributed by atoms with Crippen molar-refractivity contribution in [3.8, 4) is 0 Å². The number of fused-ring (bicyclic) bond motifs is 1. The van der Waals surface area contributed by atoms with Gasteiger partial charge < -0.3 is 15.2 Å². The van der Waals surface area contributed by atoms with E-state index in [0.29, 0.717) is 28.5 Å². The molecule has 2 atom stereocenters. The summed E-state index contributed by atoms with van der Waals surface area (Å²) in [6.45, 7) is 2.43. The number of amides is 2. The van der Waals surface area contributed by atoms with E-state index in [4.69, 9.17) is 28.5 Å². The monoisotopic (exact) mass is 476 g/mol. The van der Waals surface area contributed by atoms with Crippen LogP contribution < -0.4 is 5.32 Å². The van der Waals surface area contributed by atoms with E-state index < -0.39 is 6.04 Å². The number of carbonyl (C=O) groups excluding carboxylic acids is 2. The van der Waals surface area contributed by atoms with Crippen molar-refractivity contribution >= 4 is 46.0 Å². The Morgan fingerprint density at radius 2 is 2.12 bits per heavy atom. The van der Waals surface area contributed by atoms with E-state index >= 15 is 0 Å². The molecule has 168 valence electrons. The lowest BCUT2D eigenvalue weighted by Crippen LogP contribution is -2.38. The third-order valence-electron chi connectivity index (χ3n) is 5.59. The van der Waals surface area contributed by atoms with Crippen molar-refractivity contribution in [2.75, 3.05) is 13.2 Å². The molecule has 3 N–H and O–H groups in total. The van der Waals surface area contributed by atoms with Gasteiger partial charge in [0.1, 0.15) is 12.4 Å².